The Kier molecular flexibility index (Phi) is 16.1. The van der Waals surface area contributed by atoms with E-state index in [-0.39, 0.29) is 43.8 Å². The Morgan fingerprint density at radius 1 is 1.06 bits per heavy atom. The van der Waals surface area contributed by atoms with Crippen molar-refractivity contribution in [1.29, 1.82) is 0 Å². The number of hydrogen-bond acceptors (Lipinski definition) is 15. The second kappa shape index (κ2) is 19.5. The topological polar surface area (TPSA) is 244 Å². The van der Waals surface area contributed by atoms with E-state index in [2.05, 4.69) is 19.6 Å². The lowest BCUT2D eigenvalue weighted by Crippen LogP contribution is -2.30. The van der Waals surface area contributed by atoms with Crippen molar-refractivity contribution in [2.45, 2.75) is 63.8 Å². The van der Waals surface area contributed by atoms with E-state index in [0.29, 0.717) is 29.7 Å². The van der Waals surface area contributed by atoms with E-state index in [1.807, 2.05) is 13.8 Å². The normalized spacial score (nSPS) is 13.6. The second-order valence-corrected chi connectivity index (χ2v) is 13.1. The molecular formula is C29H40FN5O13S. The standard InChI is InChI=1S/C29H40FN5O13S/c1-19(2)27-25(28(20-7-9-21(30)10-8-20)32-29(31-27)33(3)49(4,43)44)12-11-22(36)15-23(37)16-26(38)46-18-24(48-35(41)42)17-45-13-5-6-14-47-34(39)40/h7-12,19,22-24,36-37H,5-6,13-18H2,1-4H3/b12-11+/t22-,23-,24?/m1/s1. The number of sulfonamides is 1. The van der Waals surface area contributed by atoms with Crippen molar-refractivity contribution < 1.29 is 57.1 Å². The summed E-state index contributed by atoms with van der Waals surface area (Å²) in [6, 6.07) is 5.34. The number of esters is 1. The van der Waals surface area contributed by atoms with Crippen LogP contribution in [0, 0.1) is 26.0 Å². The molecule has 0 aliphatic carbocycles. The zero-order chi connectivity index (χ0) is 36.7. The summed E-state index contributed by atoms with van der Waals surface area (Å²) >= 11 is 0. The molecule has 20 heteroatoms. The molecule has 0 amide bonds. The molecule has 0 radical (unpaired) electrons. The van der Waals surface area contributed by atoms with Crippen molar-refractivity contribution in [2.75, 3.05) is 44.0 Å². The number of anilines is 1. The Hall–Kier alpha value is -4.53. The summed E-state index contributed by atoms with van der Waals surface area (Å²) in [4.78, 5) is 50.7. The highest BCUT2D eigenvalue weighted by Crippen LogP contribution is 2.31. The SMILES string of the molecule is CC(C)c1nc(N(C)S(C)(=O)=O)nc(-c2ccc(F)cc2)c1/C=C/[C@@H](O)C[C@@H](O)CC(=O)OCC(COCCCCO[N+](=O)[O-])O[N+](=O)[O-]. The first-order valence-electron chi connectivity index (χ1n) is 15.0. The Morgan fingerprint density at radius 3 is 2.31 bits per heavy atom. The number of ether oxygens (including phenoxy) is 2. The van der Waals surface area contributed by atoms with Crippen molar-refractivity contribution in [1.82, 2.24) is 9.97 Å². The number of aliphatic hydroxyl groups is 2. The summed E-state index contributed by atoms with van der Waals surface area (Å²) in [5.41, 5.74) is 1.53. The van der Waals surface area contributed by atoms with Crippen LogP contribution in [-0.4, -0.2) is 103 Å². The van der Waals surface area contributed by atoms with Crippen LogP contribution in [0.4, 0.5) is 10.3 Å². The molecular weight excluding hydrogens is 677 g/mol. The highest BCUT2D eigenvalue weighted by molar-refractivity contribution is 7.92. The third-order valence-corrected chi connectivity index (χ3v) is 7.81. The zero-order valence-electron chi connectivity index (χ0n) is 27.3. The number of halogens is 1. The predicted molar refractivity (Wildman–Crippen MR) is 171 cm³/mol. The zero-order valence-corrected chi connectivity index (χ0v) is 28.2. The van der Waals surface area contributed by atoms with Crippen molar-refractivity contribution in [3.63, 3.8) is 0 Å². The molecule has 0 spiro atoms. The van der Waals surface area contributed by atoms with Crippen LogP contribution in [0.2, 0.25) is 0 Å². The summed E-state index contributed by atoms with van der Waals surface area (Å²) in [7, 11) is -2.44. The van der Waals surface area contributed by atoms with Gasteiger partial charge in [0.05, 0.1) is 49.5 Å². The first-order valence-corrected chi connectivity index (χ1v) is 16.8. The van der Waals surface area contributed by atoms with Crippen molar-refractivity contribution in [2.24, 2.45) is 0 Å². The van der Waals surface area contributed by atoms with E-state index in [4.69, 9.17) is 9.47 Å². The smallest absolute Gasteiger partial charge is 0.308 e. The summed E-state index contributed by atoms with van der Waals surface area (Å²) in [6.45, 7) is 2.66. The van der Waals surface area contributed by atoms with E-state index in [9.17, 15) is 48.0 Å². The van der Waals surface area contributed by atoms with Gasteiger partial charge in [0.25, 0.3) is 10.2 Å². The fourth-order valence-electron chi connectivity index (χ4n) is 4.17. The molecule has 0 fully saturated rings. The van der Waals surface area contributed by atoms with Crippen LogP contribution >= 0.6 is 0 Å². The molecule has 0 saturated carbocycles. The van der Waals surface area contributed by atoms with Gasteiger partial charge in [-0.05, 0) is 43.0 Å². The average Bonchev–Trinajstić information content (AvgIpc) is 3.00. The number of benzene rings is 1. The van der Waals surface area contributed by atoms with Crippen molar-refractivity contribution in [3.8, 4) is 11.3 Å². The quantitative estimate of drug-likeness (QED) is 0.0769. The minimum atomic E-state index is -3.73. The minimum absolute atomic E-state index is 0.0781. The van der Waals surface area contributed by atoms with Crippen LogP contribution in [0.25, 0.3) is 17.3 Å². The molecule has 272 valence electrons. The highest BCUT2D eigenvalue weighted by Gasteiger charge is 2.23. The van der Waals surface area contributed by atoms with Gasteiger partial charge in [0.2, 0.25) is 16.0 Å². The number of aliphatic hydroxyl groups excluding tert-OH is 2. The maximum Gasteiger partial charge on any atom is 0.308 e. The molecule has 1 aromatic carbocycles. The van der Waals surface area contributed by atoms with Gasteiger partial charge in [-0.2, -0.15) is 0 Å². The molecule has 0 aliphatic rings. The van der Waals surface area contributed by atoms with Gasteiger partial charge in [0.15, 0.2) is 6.10 Å². The van der Waals surface area contributed by atoms with E-state index >= 15 is 0 Å². The molecule has 18 nitrogen and oxygen atoms in total. The molecule has 49 heavy (non-hydrogen) atoms. The van der Waals surface area contributed by atoms with Crippen LogP contribution < -0.4 is 4.31 Å². The van der Waals surface area contributed by atoms with Crippen LogP contribution in [-0.2, 0) is 34.0 Å². The number of carbonyl (C=O) groups is 1. The fraction of sp³-hybridized carbons (Fsp3) is 0.552. The van der Waals surface area contributed by atoms with Gasteiger partial charge < -0.3 is 29.4 Å². The van der Waals surface area contributed by atoms with Gasteiger partial charge in [-0.15, -0.1) is 20.2 Å². The predicted octanol–water partition coefficient (Wildman–Crippen LogP) is 2.44. The summed E-state index contributed by atoms with van der Waals surface area (Å²) in [5, 5.41) is 40.0. The Morgan fingerprint density at radius 2 is 1.71 bits per heavy atom. The number of unbranched alkanes of at least 4 members (excludes halogenated alkanes) is 1. The van der Waals surface area contributed by atoms with E-state index in [0.717, 1.165) is 10.6 Å². The van der Waals surface area contributed by atoms with Gasteiger partial charge in [-0.25, -0.2) is 27.1 Å². The molecule has 2 rings (SSSR count). The average molecular weight is 718 g/mol. The van der Waals surface area contributed by atoms with Gasteiger partial charge in [0.1, 0.15) is 12.4 Å². The summed E-state index contributed by atoms with van der Waals surface area (Å²) in [6.07, 6.45) is -0.385. The third kappa shape index (κ3) is 14.6. The molecule has 0 aliphatic heterocycles. The van der Waals surface area contributed by atoms with Crippen LogP contribution in [0.15, 0.2) is 30.3 Å². The van der Waals surface area contributed by atoms with Crippen LogP contribution in [0.1, 0.15) is 56.7 Å². The molecule has 1 unspecified atom stereocenters. The number of nitrogens with zero attached hydrogens (tertiary/aromatic N) is 5. The van der Waals surface area contributed by atoms with Crippen molar-refractivity contribution in [3.05, 3.63) is 67.6 Å². The fourth-order valence-corrected chi connectivity index (χ4v) is 4.55. The molecule has 0 saturated heterocycles. The molecule has 3 atom stereocenters. The summed E-state index contributed by atoms with van der Waals surface area (Å²) < 4.78 is 49.3. The Balaban J connectivity index is 2.08. The first-order chi connectivity index (χ1) is 23.0. The van der Waals surface area contributed by atoms with Crippen LogP contribution in [0.5, 0.6) is 0 Å². The molecule has 2 N–H and O–H groups in total. The Bertz CT molecular complexity index is 1540. The lowest BCUT2D eigenvalue weighted by atomic mass is 9.97. The lowest BCUT2D eigenvalue weighted by Gasteiger charge is -2.20. The third-order valence-electron chi connectivity index (χ3n) is 6.66. The number of aromatic nitrogens is 2. The van der Waals surface area contributed by atoms with E-state index < -0.39 is 63.3 Å². The lowest BCUT2D eigenvalue weighted by molar-refractivity contribution is -0.769. The van der Waals surface area contributed by atoms with Gasteiger partial charge in [-0.1, -0.05) is 26.0 Å². The first kappa shape index (κ1) is 40.6. The Labute approximate surface area is 281 Å². The summed E-state index contributed by atoms with van der Waals surface area (Å²) in [5.74, 6) is -1.80. The van der Waals surface area contributed by atoms with Gasteiger partial charge in [-0.3, -0.25) is 4.79 Å². The van der Waals surface area contributed by atoms with Crippen molar-refractivity contribution >= 4 is 28.0 Å². The maximum atomic E-state index is 13.7. The number of rotatable bonds is 22. The maximum absolute atomic E-state index is 13.7. The number of hydrogen-bond donors (Lipinski definition) is 2. The number of carbonyl (C=O) groups excluding carboxylic acids is 1. The van der Waals surface area contributed by atoms with Gasteiger partial charge in [0, 0.05) is 31.2 Å². The largest absolute Gasteiger partial charge is 0.463 e. The molecule has 0 bridgehead atoms. The second-order valence-electron chi connectivity index (χ2n) is 11.1. The van der Waals surface area contributed by atoms with E-state index in [1.165, 1.54) is 43.5 Å². The molecule has 1 heterocycles. The van der Waals surface area contributed by atoms with Gasteiger partial charge >= 0.3 is 5.97 Å². The molecule has 2 aromatic rings. The molecule has 1 aromatic heterocycles. The van der Waals surface area contributed by atoms with E-state index in [1.54, 1.807) is 0 Å². The minimum Gasteiger partial charge on any atom is -0.463 e. The monoisotopic (exact) mass is 717 g/mol. The highest BCUT2D eigenvalue weighted by atomic mass is 32.2. The van der Waals surface area contributed by atoms with Crippen LogP contribution in [0.3, 0.4) is 0 Å².